The molecule has 0 amide bonds. The van der Waals surface area contributed by atoms with Crippen LogP contribution in [0.25, 0.3) is 0 Å². The zero-order chi connectivity index (χ0) is 14.5. The number of nitrogens with one attached hydrogen (secondary N) is 1. The van der Waals surface area contributed by atoms with E-state index in [1.54, 1.807) is 19.4 Å². The normalized spacial score (nSPS) is 9.90. The number of ether oxygens (including phenoxy) is 1. The summed E-state index contributed by atoms with van der Waals surface area (Å²) in [6, 6.07) is 9.57. The van der Waals surface area contributed by atoms with Crippen LogP contribution >= 0.6 is 11.6 Å². The van der Waals surface area contributed by atoms with Gasteiger partial charge in [-0.15, -0.1) is 0 Å². The number of aromatic nitrogens is 1. The molecule has 2 rings (SSSR count). The maximum atomic E-state index is 9.05. The molecule has 1 N–H and O–H groups in total. The molecule has 0 aliphatic rings. The van der Waals surface area contributed by atoms with E-state index in [0.717, 1.165) is 16.8 Å². The Balaban J connectivity index is 2.11. The van der Waals surface area contributed by atoms with Gasteiger partial charge in [-0.25, -0.2) is 4.98 Å². The lowest BCUT2D eigenvalue weighted by molar-refractivity contribution is 0.413. The van der Waals surface area contributed by atoms with Gasteiger partial charge < -0.3 is 10.1 Å². The number of pyridine rings is 1. The van der Waals surface area contributed by atoms with Crippen LogP contribution < -0.4 is 10.1 Å². The van der Waals surface area contributed by atoms with Gasteiger partial charge in [-0.1, -0.05) is 17.7 Å². The zero-order valence-electron chi connectivity index (χ0n) is 11.3. The Hall–Kier alpha value is -2.25. The molecule has 1 heterocycles. The van der Waals surface area contributed by atoms with E-state index in [0.29, 0.717) is 23.0 Å². The molecule has 2 aromatic rings. The van der Waals surface area contributed by atoms with E-state index in [4.69, 9.17) is 21.6 Å². The van der Waals surface area contributed by atoms with Crippen LogP contribution in [0.4, 0.5) is 5.69 Å². The minimum Gasteiger partial charge on any atom is -0.495 e. The third-order valence-electron chi connectivity index (χ3n) is 2.90. The van der Waals surface area contributed by atoms with Gasteiger partial charge >= 0.3 is 0 Å². The van der Waals surface area contributed by atoms with Crippen molar-refractivity contribution in [2.75, 3.05) is 12.4 Å². The Bertz CT molecular complexity index is 665. The van der Waals surface area contributed by atoms with Crippen LogP contribution in [-0.2, 0) is 6.54 Å². The molecule has 0 atom stereocenters. The third kappa shape index (κ3) is 3.19. The molecular formula is C15H14ClN3O. The minimum atomic E-state index is 0.506. The predicted octanol–water partition coefficient (Wildman–Crippen LogP) is 3.54. The summed E-state index contributed by atoms with van der Waals surface area (Å²) < 4.78 is 5.12. The molecule has 0 saturated heterocycles. The Morgan fingerprint density at radius 1 is 1.40 bits per heavy atom. The fourth-order valence-electron chi connectivity index (χ4n) is 1.81. The molecule has 1 aromatic heterocycles. The van der Waals surface area contributed by atoms with Crippen molar-refractivity contribution < 1.29 is 4.74 Å². The fourth-order valence-corrected chi connectivity index (χ4v) is 1.91. The van der Waals surface area contributed by atoms with Gasteiger partial charge in [0.2, 0.25) is 0 Å². The molecular weight excluding hydrogens is 274 g/mol. The maximum absolute atomic E-state index is 9.05. The number of nitriles is 1. The molecule has 0 bridgehead atoms. The van der Waals surface area contributed by atoms with Gasteiger partial charge in [0.1, 0.15) is 17.0 Å². The summed E-state index contributed by atoms with van der Waals surface area (Å²) in [7, 11) is 1.55. The first-order chi connectivity index (χ1) is 9.63. The molecule has 20 heavy (non-hydrogen) atoms. The topological polar surface area (TPSA) is 57.9 Å². The van der Waals surface area contributed by atoms with Gasteiger partial charge in [-0.2, -0.15) is 5.26 Å². The van der Waals surface area contributed by atoms with Crippen LogP contribution in [0.2, 0.25) is 5.15 Å². The van der Waals surface area contributed by atoms with Gasteiger partial charge in [0.05, 0.1) is 24.6 Å². The number of methoxy groups -OCH3 is 1. The SMILES string of the molecule is COc1ccc(CNc2cnc(Cl)c(C)c2)cc1C#N. The number of rotatable bonds is 4. The van der Waals surface area contributed by atoms with E-state index in [-0.39, 0.29) is 0 Å². The smallest absolute Gasteiger partial charge is 0.136 e. The first-order valence-corrected chi connectivity index (χ1v) is 6.45. The van der Waals surface area contributed by atoms with Crippen molar-refractivity contribution in [3.63, 3.8) is 0 Å². The van der Waals surface area contributed by atoms with Crippen molar-refractivity contribution in [2.45, 2.75) is 13.5 Å². The van der Waals surface area contributed by atoms with Gasteiger partial charge in [-0.3, -0.25) is 0 Å². The van der Waals surface area contributed by atoms with Gasteiger partial charge in [0, 0.05) is 6.54 Å². The van der Waals surface area contributed by atoms with Crippen LogP contribution in [0, 0.1) is 18.3 Å². The lowest BCUT2D eigenvalue weighted by Crippen LogP contribution is -2.01. The number of aryl methyl sites for hydroxylation is 1. The highest BCUT2D eigenvalue weighted by atomic mass is 35.5. The van der Waals surface area contributed by atoms with E-state index in [2.05, 4.69) is 16.4 Å². The molecule has 0 spiro atoms. The molecule has 102 valence electrons. The van der Waals surface area contributed by atoms with Crippen LogP contribution in [0.5, 0.6) is 5.75 Å². The highest BCUT2D eigenvalue weighted by Crippen LogP contribution is 2.20. The van der Waals surface area contributed by atoms with Crippen LogP contribution in [0.3, 0.4) is 0 Å². The summed E-state index contributed by atoms with van der Waals surface area (Å²) in [5.74, 6) is 0.584. The van der Waals surface area contributed by atoms with Crippen molar-refractivity contribution >= 4 is 17.3 Å². The highest BCUT2D eigenvalue weighted by molar-refractivity contribution is 6.30. The Morgan fingerprint density at radius 2 is 2.20 bits per heavy atom. The number of hydrogen-bond donors (Lipinski definition) is 1. The van der Waals surface area contributed by atoms with Crippen LogP contribution in [0.15, 0.2) is 30.5 Å². The average molecular weight is 288 g/mol. The summed E-state index contributed by atoms with van der Waals surface area (Å²) in [6.45, 7) is 2.50. The van der Waals surface area contributed by atoms with E-state index >= 15 is 0 Å². The number of halogens is 1. The second kappa shape index (κ2) is 6.27. The largest absolute Gasteiger partial charge is 0.495 e. The quantitative estimate of drug-likeness (QED) is 0.874. The summed E-state index contributed by atoms with van der Waals surface area (Å²) in [6.07, 6.45) is 1.68. The first-order valence-electron chi connectivity index (χ1n) is 6.07. The Labute approximate surface area is 123 Å². The van der Waals surface area contributed by atoms with Crippen LogP contribution in [-0.4, -0.2) is 12.1 Å². The summed E-state index contributed by atoms with van der Waals surface area (Å²) >= 11 is 5.88. The standard InChI is InChI=1S/C15H14ClN3O/c1-10-5-13(9-19-15(10)16)18-8-11-3-4-14(20-2)12(6-11)7-17/h3-6,9,18H,8H2,1-2H3. The van der Waals surface area contributed by atoms with Crippen LogP contribution in [0.1, 0.15) is 16.7 Å². The van der Waals surface area contributed by atoms with Crippen molar-refractivity contribution in [1.29, 1.82) is 5.26 Å². The molecule has 4 nitrogen and oxygen atoms in total. The second-order valence-corrected chi connectivity index (χ2v) is 4.69. The molecule has 0 aliphatic heterocycles. The van der Waals surface area contributed by atoms with E-state index < -0.39 is 0 Å². The molecule has 0 aliphatic carbocycles. The first kappa shape index (κ1) is 14.2. The predicted molar refractivity (Wildman–Crippen MR) is 79.0 cm³/mol. The number of anilines is 1. The molecule has 0 saturated carbocycles. The van der Waals surface area contributed by atoms with Gasteiger partial charge in [-0.05, 0) is 36.2 Å². The van der Waals surface area contributed by atoms with Crippen molar-refractivity contribution in [3.05, 3.63) is 52.3 Å². The Kier molecular flexibility index (Phi) is 4.44. The van der Waals surface area contributed by atoms with E-state index in [1.165, 1.54) is 0 Å². The maximum Gasteiger partial charge on any atom is 0.136 e. The molecule has 0 unspecified atom stereocenters. The molecule has 1 aromatic carbocycles. The highest BCUT2D eigenvalue weighted by Gasteiger charge is 2.04. The second-order valence-electron chi connectivity index (χ2n) is 4.33. The minimum absolute atomic E-state index is 0.506. The number of hydrogen-bond acceptors (Lipinski definition) is 4. The van der Waals surface area contributed by atoms with Gasteiger partial charge in [0.15, 0.2) is 0 Å². The lowest BCUT2D eigenvalue weighted by atomic mass is 10.1. The molecule has 0 radical (unpaired) electrons. The molecule has 5 heteroatoms. The number of nitrogens with zero attached hydrogens (tertiary/aromatic N) is 2. The van der Waals surface area contributed by atoms with Crippen molar-refractivity contribution in [2.24, 2.45) is 0 Å². The third-order valence-corrected chi connectivity index (χ3v) is 3.29. The summed E-state index contributed by atoms with van der Waals surface area (Å²) in [4.78, 5) is 4.08. The molecule has 0 fully saturated rings. The lowest BCUT2D eigenvalue weighted by Gasteiger charge is -2.09. The average Bonchev–Trinajstić information content (AvgIpc) is 2.48. The fraction of sp³-hybridized carbons (Fsp3) is 0.200. The van der Waals surface area contributed by atoms with E-state index in [1.807, 2.05) is 25.1 Å². The summed E-state index contributed by atoms with van der Waals surface area (Å²) in [5, 5.41) is 12.8. The monoisotopic (exact) mass is 287 g/mol. The van der Waals surface area contributed by atoms with Crippen molar-refractivity contribution in [3.8, 4) is 11.8 Å². The summed E-state index contributed by atoms with van der Waals surface area (Å²) in [5.41, 5.74) is 3.33. The van der Waals surface area contributed by atoms with Crippen molar-refractivity contribution in [1.82, 2.24) is 4.98 Å². The Morgan fingerprint density at radius 3 is 2.85 bits per heavy atom. The number of benzene rings is 1. The van der Waals surface area contributed by atoms with E-state index in [9.17, 15) is 0 Å². The zero-order valence-corrected chi connectivity index (χ0v) is 12.0. The van der Waals surface area contributed by atoms with Gasteiger partial charge in [0.25, 0.3) is 0 Å².